The van der Waals surface area contributed by atoms with Gasteiger partial charge in [0.2, 0.25) is 0 Å². The average Bonchev–Trinajstić information content (AvgIpc) is 2.73. The van der Waals surface area contributed by atoms with Crippen LogP contribution < -0.4 is 5.32 Å². The van der Waals surface area contributed by atoms with Crippen LogP contribution >= 0.6 is 11.3 Å². The maximum Gasteiger partial charge on any atom is 0.348 e. The first-order valence-corrected chi connectivity index (χ1v) is 7.51. The molecule has 0 aromatic carbocycles. The Morgan fingerprint density at radius 2 is 2.15 bits per heavy atom. The van der Waals surface area contributed by atoms with Crippen molar-refractivity contribution in [2.24, 2.45) is 0 Å². The molecular weight excluding hydrogens is 274 g/mol. The second-order valence-electron chi connectivity index (χ2n) is 4.68. The maximum absolute atomic E-state index is 11.9. The van der Waals surface area contributed by atoms with E-state index in [2.05, 4.69) is 11.2 Å². The van der Waals surface area contributed by atoms with Gasteiger partial charge in [-0.05, 0) is 37.3 Å². The van der Waals surface area contributed by atoms with Crippen LogP contribution in [0.25, 0.3) is 0 Å². The Kier molecular flexibility index (Phi) is 5.19. The molecule has 20 heavy (non-hydrogen) atoms. The van der Waals surface area contributed by atoms with Crippen molar-refractivity contribution in [3.8, 4) is 12.3 Å². The van der Waals surface area contributed by atoms with Gasteiger partial charge in [0.05, 0.1) is 6.54 Å². The SMILES string of the molecule is C#CCNC(=O)COC(=O)c1cc2c(s1)CCCCC2. The van der Waals surface area contributed by atoms with Gasteiger partial charge in [-0.2, -0.15) is 0 Å². The lowest BCUT2D eigenvalue weighted by Gasteiger charge is -2.02. The summed E-state index contributed by atoms with van der Waals surface area (Å²) in [5, 5.41) is 2.45. The van der Waals surface area contributed by atoms with Gasteiger partial charge in [0, 0.05) is 4.88 Å². The van der Waals surface area contributed by atoms with Crippen molar-refractivity contribution in [3.05, 3.63) is 21.4 Å². The first-order valence-electron chi connectivity index (χ1n) is 6.69. The molecule has 1 amide bonds. The van der Waals surface area contributed by atoms with Crippen molar-refractivity contribution >= 4 is 23.2 Å². The third-order valence-electron chi connectivity index (χ3n) is 3.17. The van der Waals surface area contributed by atoms with Crippen LogP contribution in [-0.4, -0.2) is 25.0 Å². The number of rotatable bonds is 4. The van der Waals surface area contributed by atoms with E-state index in [1.54, 1.807) is 0 Å². The highest BCUT2D eigenvalue weighted by Gasteiger charge is 2.18. The quantitative estimate of drug-likeness (QED) is 0.524. The monoisotopic (exact) mass is 291 g/mol. The first-order chi connectivity index (χ1) is 9.70. The molecule has 106 valence electrons. The topological polar surface area (TPSA) is 55.4 Å². The number of amides is 1. The molecule has 1 aliphatic carbocycles. The molecule has 1 aromatic rings. The highest BCUT2D eigenvalue weighted by Crippen LogP contribution is 2.29. The molecule has 0 aliphatic heterocycles. The Labute approximate surface area is 122 Å². The summed E-state index contributed by atoms with van der Waals surface area (Å²) in [6, 6.07) is 1.91. The maximum atomic E-state index is 11.9. The van der Waals surface area contributed by atoms with E-state index in [4.69, 9.17) is 11.2 Å². The van der Waals surface area contributed by atoms with E-state index >= 15 is 0 Å². The number of fused-ring (bicyclic) bond motifs is 1. The predicted octanol–water partition coefficient (Wildman–Crippen LogP) is 1.92. The molecule has 2 rings (SSSR count). The minimum atomic E-state index is -0.432. The number of carbonyl (C=O) groups excluding carboxylic acids is 2. The van der Waals surface area contributed by atoms with Gasteiger partial charge in [0.1, 0.15) is 4.88 Å². The molecular formula is C15H17NO3S. The van der Waals surface area contributed by atoms with E-state index in [0.29, 0.717) is 4.88 Å². The molecule has 5 heteroatoms. The second-order valence-corrected chi connectivity index (χ2v) is 5.81. The molecule has 0 unspecified atom stereocenters. The van der Waals surface area contributed by atoms with E-state index in [1.165, 1.54) is 41.0 Å². The van der Waals surface area contributed by atoms with E-state index in [-0.39, 0.29) is 19.1 Å². The third-order valence-corrected chi connectivity index (χ3v) is 4.39. The van der Waals surface area contributed by atoms with Gasteiger partial charge in [0.25, 0.3) is 5.91 Å². The number of hydrogen-bond donors (Lipinski definition) is 1. The Morgan fingerprint density at radius 3 is 2.95 bits per heavy atom. The Balaban J connectivity index is 1.90. The molecule has 1 N–H and O–H groups in total. The van der Waals surface area contributed by atoms with Crippen LogP contribution in [-0.2, 0) is 22.4 Å². The van der Waals surface area contributed by atoms with Crippen LogP contribution in [0.5, 0.6) is 0 Å². The van der Waals surface area contributed by atoms with Crippen molar-refractivity contribution in [2.75, 3.05) is 13.2 Å². The van der Waals surface area contributed by atoms with Gasteiger partial charge in [-0.25, -0.2) is 4.79 Å². The van der Waals surface area contributed by atoms with Gasteiger partial charge in [-0.15, -0.1) is 17.8 Å². The molecule has 0 fully saturated rings. The zero-order valence-corrected chi connectivity index (χ0v) is 12.1. The zero-order valence-electron chi connectivity index (χ0n) is 11.2. The minimum absolute atomic E-state index is 0.143. The standard InChI is InChI=1S/C15H17NO3S/c1-2-8-16-14(17)10-19-15(18)13-9-11-6-4-3-5-7-12(11)20-13/h1,9H,3-8,10H2,(H,16,17). The number of esters is 1. The van der Waals surface area contributed by atoms with Crippen molar-refractivity contribution < 1.29 is 14.3 Å². The third kappa shape index (κ3) is 3.84. The lowest BCUT2D eigenvalue weighted by atomic mass is 10.1. The number of ether oxygens (including phenoxy) is 1. The van der Waals surface area contributed by atoms with E-state index in [0.717, 1.165) is 12.8 Å². The molecule has 1 aromatic heterocycles. The van der Waals surface area contributed by atoms with Gasteiger partial charge in [-0.3, -0.25) is 4.79 Å². The fourth-order valence-electron chi connectivity index (χ4n) is 2.17. The summed E-state index contributed by atoms with van der Waals surface area (Å²) in [5.41, 5.74) is 1.26. The fraction of sp³-hybridized carbons (Fsp3) is 0.467. The van der Waals surface area contributed by atoms with Gasteiger partial charge in [-0.1, -0.05) is 12.3 Å². The Hall–Kier alpha value is -1.80. The lowest BCUT2D eigenvalue weighted by Crippen LogP contribution is -2.28. The largest absolute Gasteiger partial charge is 0.451 e. The van der Waals surface area contributed by atoms with E-state index in [9.17, 15) is 9.59 Å². The highest BCUT2D eigenvalue weighted by atomic mass is 32.1. The molecule has 0 bridgehead atoms. The van der Waals surface area contributed by atoms with Crippen LogP contribution in [0.3, 0.4) is 0 Å². The Bertz CT molecular complexity index is 518. The summed E-state index contributed by atoms with van der Waals surface area (Å²) in [4.78, 5) is 25.1. The number of thiophene rings is 1. The summed E-state index contributed by atoms with van der Waals surface area (Å²) in [6.07, 6.45) is 10.7. The molecule has 0 spiro atoms. The lowest BCUT2D eigenvalue weighted by molar-refractivity contribution is -0.123. The number of terminal acetylenes is 1. The van der Waals surface area contributed by atoms with Crippen LogP contribution in [0.15, 0.2) is 6.07 Å². The van der Waals surface area contributed by atoms with Crippen molar-refractivity contribution in [1.82, 2.24) is 5.32 Å². The van der Waals surface area contributed by atoms with Crippen LogP contribution in [0, 0.1) is 12.3 Å². The van der Waals surface area contributed by atoms with Crippen LogP contribution in [0.1, 0.15) is 39.4 Å². The van der Waals surface area contributed by atoms with E-state index < -0.39 is 5.97 Å². The highest BCUT2D eigenvalue weighted by molar-refractivity contribution is 7.14. The summed E-state index contributed by atoms with van der Waals surface area (Å²) in [7, 11) is 0. The van der Waals surface area contributed by atoms with Gasteiger partial charge in [0.15, 0.2) is 6.61 Å². The van der Waals surface area contributed by atoms with E-state index in [1.807, 2.05) is 6.07 Å². The molecule has 1 aliphatic rings. The fourth-order valence-corrected chi connectivity index (χ4v) is 3.32. The smallest absolute Gasteiger partial charge is 0.348 e. The zero-order chi connectivity index (χ0) is 14.4. The van der Waals surface area contributed by atoms with Crippen molar-refractivity contribution in [3.63, 3.8) is 0 Å². The normalized spacial score (nSPS) is 13.8. The number of aryl methyl sites for hydroxylation is 2. The molecule has 4 nitrogen and oxygen atoms in total. The van der Waals surface area contributed by atoms with Crippen molar-refractivity contribution in [2.45, 2.75) is 32.1 Å². The summed E-state index contributed by atoms with van der Waals surface area (Å²) in [6.45, 7) is -0.146. The molecule has 0 atom stereocenters. The van der Waals surface area contributed by atoms with Gasteiger partial charge >= 0.3 is 5.97 Å². The minimum Gasteiger partial charge on any atom is -0.451 e. The van der Waals surface area contributed by atoms with Crippen LogP contribution in [0.2, 0.25) is 0 Å². The molecule has 0 saturated heterocycles. The second kappa shape index (κ2) is 7.11. The summed E-state index contributed by atoms with van der Waals surface area (Å²) < 4.78 is 4.99. The predicted molar refractivity (Wildman–Crippen MR) is 77.7 cm³/mol. The average molecular weight is 291 g/mol. The van der Waals surface area contributed by atoms with Crippen molar-refractivity contribution in [1.29, 1.82) is 0 Å². The van der Waals surface area contributed by atoms with Gasteiger partial charge < -0.3 is 10.1 Å². The molecule has 0 radical (unpaired) electrons. The summed E-state index contributed by atoms with van der Waals surface area (Å²) in [5.74, 6) is 1.47. The summed E-state index contributed by atoms with van der Waals surface area (Å²) >= 11 is 1.49. The molecule has 1 heterocycles. The Morgan fingerprint density at radius 1 is 1.35 bits per heavy atom. The van der Waals surface area contributed by atoms with Crippen LogP contribution in [0.4, 0.5) is 0 Å². The number of carbonyl (C=O) groups is 2. The first kappa shape index (κ1) is 14.6. The molecule has 0 saturated carbocycles. The number of hydrogen-bond acceptors (Lipinski definition) is 4. The number of nitrogens with one attached hydrogen (secondary N) is 1.